The third kappa shape index (κ3) is 3.49. The van der Waals surface area contributed by atoms with Crippen LogP contribution in [0.25, 0.3) is 0 Å². The van der Waals surface area contributed by atoms with Gasteiger partial charge in [-0.05, 0) is 6.42 Å². The lowest BCUT2D eigenvalue weighted by molar-refractivity contribution is -0.120. The molecule has 4 nitrogen and oxygen atoms in total. The second-order valence-corrected chi connectivity index (χ2v) is 4.10. The Morgan fingerprint density at radius 1 is 1.79 bits per heavy atom. The van der Waals surface area contributed by atoms with E-state index in [0.717, 1.165) is 18.5 Å². The first-order valence-electron chi connectivity index (χ1n) is 4.63. The average molecular weight is 260 g/mol. The molecule has 0 aliphatic carbocycles. The number of alkyl halides is 1. The van der Waals surface area contributed by atoms with Crippen LogP contribution in [0.5, 0.6) is 0 Å². The van der Waals surface area contributed by atoms with Gasteiger partial charge in [-0.2, -0.15) is 0 Å². The first-order valence-corrected chi connectivity index (χ1v) is 5.54. The lowest BCUT2D eigenvalue weighted by Crippen LogP contribution is -2.32. The molecule has 1 amide bonds. The minimum atomic E-state index is -0.0794. The summed E-state index contributed by atoms with van der Waals surface area (Å²) in [5.41, 5.74) is 1.04. The molecule has 0 aliphatic heterocycles. The SMILES string of the molecule is CCC(Br)C(=O)NCCc1cnc[nH]1. The zero-order chi connectivity index (χ0) is 10.4. The molecular formula is C9H14BrN3O. The van der Waals surface area contributed by atoms with Gasteiger partial charge in [0.05, 0.1) is 11.2 Å². The first-order chi connectivity index (χ1) is 6.74. The molecule has 0 aliphatic rings. The lowest BCUT2D eigenvalue weighted by atomic mass is 10.3. The molecule has 78 valence electrons. The molecule has 5 heteroatoms. The second-order valence-electron chi connectivity index (χ2n) is 2.99. The first kappa shape index (κ1) is 11.2. The molecule has 0 fully saturated rings. The van der Waals surface area contributed by atoms with Gasteiger partial charge in [-0.15, -0.1) is 0 Å². The maximum Gasteiger partial charge on any atom is 0.233 e. The second kappa shape index (κ2) is 5.80. The van der Waals surface area contributed by atoms with E-state index in [2.05, 4.69) is 31.2 Å². The van der Waals surface area contributed by atoms with Crippen LogP contribution in [0, 0.1) is 0 Å². The highest BCUT2D eigenvalue weighted by atomic mass is 79.9. The molecule has 1 rings (SSSR count). The van der Waals surface area contributed by atoms with Crippen LogP contribution in [0.2, 0.25) is 0 Å². The molecule has 0 bridgehead atoms. The Kier molecular flexibility index (Phi) is 4.65. The summed E-state index contributed by atoms with van der Waals surface area (Å²) in [6.45, 7) is 2.61. The third-order valence-corrected chi connectivity index (χ3v) is 2.95. The fraction of sp³-hybridized carbons (Fsp3) is 0.556. The van der Waals surface area contributed by atoms with Crippen molar-refractivity contribution in [1.82, 2.24) is 15.3 Å². The zero-order valence-corrected chi connectivity index (χ0v) is 9.67. The normalized spacial score (nSPS) is 12.4. The number of aromatic nitrogens is 2. The maximum absolute atomic E-state index is 11.3. The minimum Gasteiger partial charge on any atom is -0.355 e. The standard InChI is InChI=1S/C9H14BrN3O/c1-2-8(10)9(14)12-4-3-7-5-11-6-13-7/h5-6,8H,2-4H2,1H3,(H,11,13)(H,12,14). The molecule has 0 saturated heterocycles. The van der Waals surface area contributed by atoms with Crippen molar-refractivity contribution < 1.29 is 4.79 Å². The summed E-state index contributed by atoms with van der Waals surface area (Å²) in [4.78, 5) is 18.1. The Morgan fingerprint density at radius 2 is 2.57 bits per heavy atom. The van der Waals surface area contributed by atoms with Crippen LogP contribution in [0.1, 0.15) is 19.0 Å². The van der Waals surface area contributed by atoms with Crippen molar-refractivity contribution in [3.05, 3.63) is 18.2 Å². The largest absolute Gasteiger partial charge is 0.355 e. The van der Waals surface area contributed by atoms with Gasteiger partial charge in [-0.25, -0.2) is 4.98 Å². The third-order valence-electron chi connectivity index (χ3n) is 1.89. The van der Waals surface area contributed by atoms with Crippen LogP contribution >= 0.6 is 15.9 Å². The monoisotopic (exact) mass is 259 g/mol. The van der Waals surface area contributed by atoms with Gasteiger partial charge in [0.2, 0.25) is 5.91 Å². The van der Waals surface area contributed by atoms with E-state index in [0.29, 0.717) is 6.54 Å². The van der Waals surface area contributed by atoms with E-state index in [-0.39, 0.29) is 10.7 Å². The zero-order valence-electron chi connectivity index (χ0n) is 8.09. The molecule has 1 aromatic heterocycles. The number of carbonyl (C=O) groups excluding carboxylic acids is 1. The van der Waals surface area contributed by atoms with Crippen molar-refractivity contribution in [2.45, 2.75) is 24.6 Å². The number of aromatic amines is 1. The Bertz CT molecular complexity index is 274. The molecule has 1 atom stereocenters. The average Bonchev–Trinajstić information content (AvgIpc) is 2.69. The molecule has 0 saturated carbocycles. The lowest BCUT2D eigenvalue weighted by Gasteiger charge is -2.07. The van der Waals surface area contributed by atoms with Crippen molar-refractivity contribution in [3.63, 3.8) is 0 Å². The fourth-order valence-corrected chi connectivity index (χ4v) is 1.20. The topological polar surface area (TPSA) is 57.8 Å². The molecule has 0 aromatic carbocycles. The summed E-state index contributed by atoms with van der Waals surface area (Å²) >= 11 is 3.29. The van der Waals surface area contributed by atoms with Gasteiger partial charge in [-0.1, -0.05) is 22.9 Å². The number of nitrogens with zero attached hydrogens (tertiary/aromatic N) is 1. The molecule has 2 N–H and O–H groups in total. The van der Waals surface area contributed by atoms with Crippen molar-refractivity contribution in [1.29, 1.82) is 0 Å². The quantitative estimate of drug-likeness (QED) is 0.782. The van der Waals surface area contributed by atoms with Gasteiger partial charge < -0.3 is 10.3 Å². The predicted octanol–water partition coefficient (Wildman–Crippen LogP) is 1.24. The van der Waals surface area contributed by atoms with E-state index in [9.17, 15) is 4.79 Å². The van der Waals surface area contributed by atoms with Crippen LogP contribution in [-0.4, -0.2) is 27.2 Å². The summed E-state index contributed by atoms with van der Waals surface area (Å²) in [5, 5.41) is 2.84. The van der Waals surface area contributed by atoms with Gasteiger partial charge in [0, 0.05) is 24.9 Å². The van der Waals surface area contributed by atoms with Gasteiger partial charge in [0.25, 0.3) is 0 Å². The maximum atomic E-state index is 11.3. The van der Waals surface area contributed by atoms with Crippen LogP contribution < -0.4 is 5.32 Å². The summed E-state index contributed by atoms with van der Waals surface area (Å²) < 4.78 is 0. The van der Waals surface area contributed by atoms with Crippen molar-refractivity contribution in [2.24, 2.45) is 0 Å². The molecular weight excluding hydrogens is 246 g/mol. The fourth-order valence-electron chi connectivity index (χ4n) is 1.04. The van der Waals surface area contributed by atoms with E-state index in [1.165, 1.54) is 0 Å². The Hall–Kier alpha value is -0.840. The van der Waals surface area contributed by atoms with Crippen molar-refractivity contribution in [3.8, 4) is 0 Å². The number of halogens is 1. The highest BCUT2D eigenvalue weighted by molar-refractivity contribution is 9.10. The Balaban J connectivity index is 2.18. The number of hydrogen-bond acceptors (Lipinski definition) is 2. The number of carbonyl (C=O) groups is 1. The predicted molar refractivity (Wildman–Crippen MR) is 58.3 cm³/mol. The highest BCUT2D eigenvalue weighted by Gasteiger charge is 2.10. The molecule has 1 aromatic rings. The number of hydrogen-bond donors (Lipinski definition) is 2. The highest BCUT2D eigenvalue weighted by Crippen LogP contribution is 2.03. The molecule has 0 radical (unpaired) electrons. The van der Waals surface area contributed by atoms with E-state index in [1.807, 2.05) is 6.92 Å². The molecule has 1 unspecified atom stereocenters. The summed E-state index contributed by atoms with van der Waals surface area (Å²) in [6, 6.07) is 0. The van der Waals surface area contributed by atoms with Gasteiger partial charge >= 0.3 is 0 Å². The number of rotatable bonds is 5. The number of amides is 1. The number of nitrogens with one attached hydrogen (secondary N) is 2. The summed E-state index contributed by atoms with van der Waals surface area (Å²) in [7, 11) is 0. The van der Waals surface area contributed by atoms with Crippen LogP contribution in [0.3, 0.4) is 0 Å². The van der Waals surface area contributed by atoms with Crippen LogP contribution in [-0.2, 0) is 11.2 Å². The summed E-state index contributed by atoms with van der Waals surface area (Å²) in [6.07, 6.45) is 4.99. The molecule has 1 heterocycles. The van der Waals surface area contributed by atoms with Crippen LogP contribution in [0.4, 0.5) is 0 Å². The Morgan fingerprint density at radius 3 is 3.14 bits per heavy atom. The minimum absolute atomic E-state index is 0.0482. The van der Waals surface area contributed by atoms with Crippen molar-refractivity contribution >= 4 is 21.8 Å². The van der Waals surface area contributed by atoms with Gasteiger partial charge in [0.1, 0.15) is 0 Å². The van der Waals surface area contributed by atoms with E-state index < -0.39 is 0 Å². The van der Waals surface area contributed by atoms with E-state index in [1.54, 1.807) is 12.5 Å². The Labute approximate surface area is 91.6 Å². The molecule has 0 spiro atoms. The summed E-state index contributed by atoms with van der Waals surface area (Å²) in [5.74, 6) is 0.0482. The number of imidazole rings is 1. The van der Waals surface area contributed by atoms with E-state index >= 15 is 0 Å². The van der Waals surface area contributed by atoms with E-state index in [4.69, 9.17) is 0 Å². The van der Waals surface area contributed by atoms with Gasteiger partial charge in [-0.3, -0.25) is 4.79 Å². The smallest absolute Gasteiger partial charge is 0.233 e. The molecule has 14 heavy (non-hydrogen) atoms. The number of H-pyrrole nitrogens is 1. The van der Waals surface area contributed by atoms with Gasteiger partial charge in [0.15, 0.2) is 0 Å². The van der Waals surface area contributed by atoms with Crippen molar-refractivity contribution in [2.75, 3.05) is 6.54 Å². The van der Waals surface area contributed by atoms with Crippen LogP contribution in [0.15, 0.2) is 12.5 Å².